The van der Waals surface area contributed by atoms with Gasteiger partial charge in [-0.05, 0) is 35.0 Å². The number of hydrogen-bond acceptors (Lipinski definition) is 2. The second-order valence-corrected chi connectivity index (χ2v) is 9.03. The Hall–Kier alpha value is -2.63. The first kappa shape index (κ1) is 19.7. The Labute approximate surface area is 171 Å². The van der Waals surface area contributed by atoms with E-state index in [1.54, 1.807) is 48.1 Å². The highest BCUT2D eigenvalue weighted by Crippen LogP contribution is 2.54. The first-order valence-electron chi connectivity index (χ1n) is 8.83. The number of amides is 1. The summed E-state index contributed by atoms with van der Waals surface area (Å²) in [5.41, 5.74) is -0.232. The number of nitrogens with zero attached hydrogens (tertiary/aromatic N) is 1. The molecule has 1 heterocycles. The molecule has 6 nitrogen and oxygen atoms in total. The maximum absolute atomic E-state index is 13.0. The van der Waals surface area contributed by atoms with Crippen molar-refractivity contribution in [2.45, 2.75) is 5.66 Å². The van der Waals surface area contributed by atoms with Gasteiger partial charge in [0.25, 0.3) is 0 Å². The van der Waals surface area contributed by atoms with Crippen molar-refractivity contribution in [3.8, 4) is 0 Å². The predicted octanol–water partition coefficient (Wildman–Crippen LogP) is 4.84. The fraction of sp³-hybridized carbons (Fsp3) is 0.0952. The molecule has 148 valence electrons. The van der Waals surface area contributed by atoms with Gasteiger partial charge in [0.15, 0.2) is 5.66 Å². The molecular weight excluding hydrogens is 411 g/mol. The molecule has 0 spiro atoms. The van der Waals surface area contributed by atoms with Crippen LogP contribution in [0.5, 0.6) is 0 Å². The summed E-state index contributed by atoms with van der Waals surface area (Å²) in [7, 11) is -3.06. The summed E-state index contributed by atoms with van der Waals surface area (Å²) in [5.74, 6) is -0.768. The number of carbonyl (C=O) groups excluding carboxylic acids is 1. The van der Waals surface area contributed by atoms with Gasteiger partial charge in [-0.25, -0.2) is 0 Å². The SMILES string of the molecule is Cn1cc(C(C(=O)Nc2ccc3ccccc3c2)P(=O)(O)O)c2ccc(Cl)cc21. The van der Waals surface area contributed by atoms with Gasteiger partial charge in [0.1, 0.15) is 0 Å². The van der Waals surface area contributed by atoms with Gasteiger partial charge in [0.2, 0.25) is 5.91 Å². The molecule has 4 rings (SSSR count). The fourth-order valence-corrected chi connectivity index (χ4v) is 4.66. The van der Waals surface area contributed by atoms with Crippen LogP contribution < -0.4 is 5.32 Å². The van der Waals surface area contributed by atoms with Crippen LogP contribution in [0.4, 0.5) is 5.69 Å². The molecule has 1 atom stereocenters. The molecule has 29 heavy (non-hydrogen) atoms. The molecule has 0 aliphatic heterocycles. The van der Waals surface area contributed by atoms with E-state index < -0.39 is 19.2 Å². The third kappa shape index (κ3) is 3.80. The first-order valence-corrected chi connectivity index (χ1v) is 10.9. The largest absolute Gasteiger partial charge is 0.350 e. The molecule has 0 bridgehead atoms. The quantitative estimate of drug-likeness (QED) is 0.405. The Morgan fingerprint density at radius 1 is 1.07 bits per heavy atom. The van der Waals surface area contributed by atoms with Crippen LogP contribution in [0.3, 0.4) is 0 Å². The Balaban J connectivity index is 1.75. The number of fused-ring (bicyclic) bond motifs is 2. The van der Waals surface area contributed by atoms with Gasteiger partial charge in [-0.15, -0.1) is 0 Å². The Morgan fingerprint density at radius 2 is 1.79 bits per heavy atom. The zero-order valence-electron chi connectivity index (χ0n) is 15.4. The molecule has 4 aromatic rings. The molecule has 1 aromatic heterocycles. The van der Waals surface area contributed by atoms with Crippen LogP contribution in [0.25, 0.3) is 21.7 Å². The van der Waals surface area contributed by atoms with Crippen molar-refractivity contribution >= 4 is 52.5 Å². The van der Waals surface area contributed by atoms with E-state index in [9.17, 15) is 19.1 Å². The van der Waals surface area contributed by atoms with Gasteiger partial charge in [0, 0.05) is 40.4 Å². The summed E-state index contributed by atoms with van der Waals surface area (Å²) in [6, 6.07) is 18.0. The minimum absolute atomic E-state index is 0.255. The van der Waals surface area contributed by atoms with E-state index in [0.29, 0.717) is 21.6 Å². The lowest BCUT2D eigenvalue weighted by molar-refractivity contribution is -0.116. The molecule has 0 aliphatic rings. The number of aromatic nitrogens is 1. The lowest BCUT2D eigenvalue weighted by Crippen LogP contribution is -2.21. The number of carbonyl (C=O) groups is 1. The fourth-order valence-electron chi connectivity index (χ4n) is 3.56. The molecular formula is C21H18ClN2O4P. The van der Waals surface area contributed by atoms with E-state index in [0.717, 1.165) is 10.8 Å². The zero-order valence-corrected chi connectivity index (χ0v) is 17.1. The van der Waals surface area contributed by atoms with Gasteiger partial charge >= 0.3 is 7.60 Å². The normalized spacial score (nSPS) is 13.0. The lowest BCUT2D eigenvalue weighted by atomic mass is 10.1. The highest BCUT2D eigenvalue weighted by molar-refractivity contribution is 7.53. The van der Waals surface area contributed by atoms with Crippen LogP contribution in [0.15, 0.2) is 66.9 Å². The van der Waals surface area contributed by atoms with Crippen LogP contribution in [0.1, 0.15) is 11.2 Å². The summed E-state index contributed by atoms with van der Waals surface area (Å²) in [5, 5.41) is 5.64. The van der Waals surface area contributed by atoms with Crippen molar-refractivity contribution < 1.29 is 19.1 Å². The number of hydrogen-bond donors (Lipinski definition) is 3. The van der Waals surface area contributed by atoms with Crippen LogP contribution in [-0.4, -0.2) is 20.3 Å². The van der Waals surface area contributed by atoms with Crippen LogP contribution in [-0.2, 0) is 16.4 Å². The van der Waals surface area contributed by atoms with Crippen LogP contribution in [0.2, 0.25) is 5.02 Å². The zero-order chi connectivity index (χ0) is 20.8. The van der Waals surface area contributed by atoms with Crippen molar-refractivity contribution in [2.75, 3.05) is 5.32 Å². The highest BCUT2D eigenvalue weighted by atomic mass is 35.5. The standard InChI is InChI=1S/C21H18ClN2O4P/c1-24-12-18(17-9-7-15(22)11-19(17)24)20(29(26,27)28)21(25)23-16-8-6-13-4-2-3-5-14(13)10-16/h2-12,20H,1H3,(H,23,25)(H2,26,27,28). The Kier molecular flexibility index (Phi) is 4.97. The molecule has 0 fully saturated rings. The molecule has 3 N–H and O–H groups in total. The maximum atomic E-state index is 13.0. The summed E-state index contributed by atoms with van der Waals surface area (Å²) < 4.78 is 14.0. The minimum atomic E-state index is -4.80. The molecule has 0 saturated carbocycles. The van der Waals surface area contributed by atoms with Gasteiger partial charge in [-0.3, -0.25) is 9.36 Å². The van der Waals surface area contributed by atoms with Gasteiger partial charge < -0.3 is 19.7 Å². The third-order valence-corrected chi connectivity index (χ3v) is 6.30. The van der Waals surface area contributed by atoms with Crippen LogP contribution in [0, 0.1) is 0 Å². The molecule has 1 unspecified atom stereocenters. The van der Waals surface area contributed by atoms with E-state index in [-0.39, 0.29) is 5.56 Å². The highest BCUT2D eigenvalue weighted by Gasteiger charge is 2.39. The van der Waals surface area contributed by atoms with Crippen molar-refractivity contribution in [3.63, 3.8) is 0 Å². The number of aryl methyl sites for hydroxylation is 1. The molecule has 0 aliphatic carbocycles. The molecule has 0 saturated heterocycles. The molecule has 3 aromatic carbocycles. The van der Waals surface area contributed by atoms with Crippen molar-refractivity contribution in [3.05, 3.63) is 77.4 Å². The Morgan fingerprint density at radius 3 is 2.52 bits per heavy atom. The van der Waals surface area contributed by atoms with E-state index in [2.05, 4.69) is 5.32 Å². The number of anilines is 1. The second-order valence-electron chi connectivity index (χ2n) is 6.90. The smallest absolute Gasteiger partial charge is 0.342 e. The second kappa shape index (κ2) is 7.32. The monoisotopic (exact) mass is 428 g/mol. The molecule has 1 amide bonds. The van der Waals surface area contributed by atoms with Gasteiger partial charge in [0.05, 0.1) is 0 Å². The van der Waals surface area contributed by atoms with E-state index >= 15 is 0 Å². The number of nitrogens with one attached hydrogen (secondary N) is 1. The predicted molar refractivity (Wildman–Crippen MR) is 115 cm³/mol. The first-order chi connectivity index (χ1) is 13.7. The minimum Gasteiger partial charge on any atom is -0.350 e. The van der Waals surface area contributed by atoms with Crippen molar-refractivity contribution in [2.24, 2.45) is 7.05 Å². The van der Waals surface area contributed by atoms with Crippen molar-refractivity contribution in [1.82, 2.24) is 4.57 Å². The van der Waals surface area contributed by atoms with Gasteiger partial charge in [-0.2, -0.15) is 0 Å². The summed E-state index contributed by atoms with van der Waals surface area (Å²) >= 11 is 6.04. The summed E-state index contributed by atoms with van der Waals surface area (Å²) in [6.07, 6.45) is 1.56. The van der Waals surface area contributed by atoms with Crippen molar-refractivity contribution in [1.29, 1.82) is 0 Å². The van der Waals surface area contributed by atoms with Gasteiger partial charge in [-0.1, -0.05) is 48.0 Å². The average Bonchev–Trinajstić information content (AvgIpc) is 2.96. The third-order valence-electron chi connectivity index (χ3n) is 4.88. The maximum Gasteiger partial charge on any atom is 0.342 e. The number of benzene rings is 3. The van der Waals surface area contributed by atoms with E-state index in [1.807, 2.05) is 30.3 Å². The molecule has 0 radical (unpaired) electrons. The van der Waals surface area contributed by atoms with Crippen LogP contribution >= 0.6 is 19.2 Å². The number of halogens is 1. The number of rotatable bonds is 4. The average molecular weight is 429 g/mol. The molecule has 8 heteroatoms. The summed E-state index contributed by atoms with van der Waals surface area (Å²) in [6.45, 7) is 0. The topological polar surface area (TPSA) is 91.6 Å². The lowest BCUT2D eigenvalue weighted by Gasteiger charge is -2.18. The van der Waals surface area contributed by atoms with E-state index in [1.165, 1.54) is 0 Å². The summed E-state index contributed by atoms with van der Waals surface area (Å²) in [4.78, 5) is 33.0. The van der Waals surface area contributed by atoms with E-state index in [4.69, 9.17) is 11.6 Å². The Bertz CT molecular complexity index is 1290.